The maximum absolute atomic E-state index is 13.8. The van der Waals surface area contributed by atoms with Crippen molar-refractivity contribution in [1.82, 2.24) is 0 Å². The minimum Gasteiger partial charge on any atom is -0.206 e. The Morgan fingerprint density at radius 1 is 1.09 bits per heavy atom. The van der Waals surface area contributed by atoms with E-state index >= 15 is 0 Å². The Kier molecular flexibility index (Phi) is 4.98. The van der Waals surface area contributed by atoms with E-state index in [1.165, 1.54) is 18.2 Å². The third kappa shape index (κ3) is 4.04. The van der Waals surface area contributed by atoms with Gasteiger partial charge in [-0.05, 0) is 42.0 Å². The van der Waals surface area contributed by atoms with Gasteiger partial charge in [0.2, 0.25) is 0 Å². The van der Waals surface area contributed by atoms with Gasteiger partial charge in [0.1, 0.15) is 5.82 Å². The second-order valence-corrected chi connectivity index (χ2v) is 5.37. The van der Waals surface area contributed by atoms with E-state index in [-0.39, 0.29) is 21.7 Å². The first-order chi connectivity index (χ1) is 10.7. The maximum Gasteiger partial charge on any atom is 0.417 e. The van der Waals surface area contributed by atoms with Crippen molar-refractivity contribution in [2.75, 3.05) is 0 Å². The maximum atomic E-state index is 13.8. The largest absolute Gasteiger partial charge is 0.417 e. The number of benzene rings is 2. The SMILES string of the molecule is N#CC(=Cc1ccc(C(F)(F)F)c(Cl)c1)c1ccc(Cl)cc1F. The van der Waals surface area contributed by atoms with Crippen LogP contribution in [0.3, 0.4) is 0 Å². The van der Waals surface area contributed by atoms with Crippen LogP contribution in [0.25, 0.3) is 11.6 Å². The average Bonchev–Trinajstić information content (AvgIpc) is 2.44. The third-order valence-electron chi connectivity index (χ3n) is 2.95. The van der Waals surface area contributed by atoms with Crippen LogP contribution in [0.15, 0.2) is 36.4 Å². The number of hydrogen-bond acceptors (Lipinski definition) is 1. The predicted molar refractivity (Wildman–Crippen MR) is 81.3 cm³/mol. The lowest BCUT2D eigenvalue weighted by molar-refractivity contribution is -0.137. The molecule has 0 radical (unpaired) electrons. The summed E-state index contributed by atoms with van der Waals surface area (Å²) >= 11 is 11.3. The number of rotatable bonds is 2. The number of halogens is 6. The lowest BCUT2D eigenvalue weighted by Gasteiger charge is -2.09. The first-order valence-electron chi connectivity index (χ1n) is 6.16. The highest BCUT2D eigenvalue weighted by atomic mass is 35.5. The highest BCUT2D eigenvalue weighted by Gasteiger charge is 2.32. The van der Waals surface area contributed by atoms with Crippen molar-refractivity contribution < 1.29 is 17.6 Å². The van der Waals surface area contributed by atoms with Gasteiger partial charge >= 0.3 is 6.18 Å². The van der Waals surface area contributed by atoms with Crippen molar-refractivity contribution in [3.8, 4) is 6.07 Å². The minimum absolute atomic E-state index is 0.00656. The number of nitriles is 1. The quantitative estimate of drug-likeness (QED) is 0.355. The highest BCUT2D eigenvalue weighted by molar-refractivity contribution is 6.31. The van der Waals surface area contributed by atoms with Crippen LogP contribution in [0.2, 0.25) is 10.0 Å². The molecule has 0 aliphatic heterocycles. The Balaban J connectivity index is 2.47. The van der Waals surface area contributed by atoms with E-state index in [0.717, 1.165) is 24.3 Å². The summed E-state index contributed by atoms with van der Waals surface area (Å²) in [5, 5.41) is 8.82. The summed E-state index contributed by atoms with van der Waals surface area (Å²) in [4.78, 5) is 0. The van der Waals surface area contributed by atoms with Crippen LogP contribution in [0, 0.1) is 17.1 Å². The number of allylic oxidation sites excluding steroid dienone is 1. The molecule has 0 aliphatic rings. The van der Waals surface area contributed by atoms with Gasteiger partial charge in [0, 0.05) is 10.6 Å². The Morgan fingerprint density at radius 3 is 2.30 bits per heavy atom. The summed E-state index contributed by atoms with van der Waals surface area (Å²) in [5.41, 5.74) is -0.802. The van der Waals surface area contributed by atoms with Gasteiger partial charge in [-0.15, -0.1) is 0 Å². The van der Waals surface area contributed by atoms with Gasteiger partial charge in [-0.1, -0.05) is 29.3 Å². The zero-order valence-electron chi connectivity index (χ0n) is 11.3. The molecule has 2 rings (SSSR count). The van der Waals surface area contributed by atoms with Crippen molar-refractivity contribution in [2.24, 2.45) is 0 Å². The number of hydrogen-bond donors (Lipinski definition) is 0. The molecule has 0 bridgehead atoms. The zero-order chi connectivity index (χ0) is 17.2. The topological polar surface area (TPSA) is 23.8 Å². The normalized spacial score (nSPS) is 12.1. The summed E-state index contributed by atoms with van der Waals surface area (Å²) < 4.78 is 51.8. The molecule has 0 amide bonds. The zero-order valence-corrected chi connectivity index (χ0v) is 12.8. The van der Waals surface area contributed by atoms with Crippen LogP contribution in [0.1, 0.15) is 16.7 Å². The summed E-state index contributed by atoms with van der Waals surface area (Å²) in [6.07, 6.45) is -3.32. The summed E-state index contributed by atoms with van der Waals surface area (Å²) in [6.45, 7) is 0. The molecule has 118 valence electrons. The molecule has 0 aliphatic carbocycles. The van der Waals surface area contributed by atoms with Gasteiger partial charge in [-0.3, -0.25) is 0 Å². The number of alkyl halides is 3. The second kappa shape index (κ2) is 6.61. The van der Waals surface area contributed by atoms with Crippen molar-refractivity contribution in [3.63, 3.8) is 0 Å². The monoisotopic (exact) mass is 359 g/mol. The molecule has 23 heavy (non-hydrogen) atoms. The Labute approximate surface area is 139 Å². The lowest BCUT2D eigenvalue weighted by Crippen LogP contribution is -2.05. The van der Waals surface area contributed by atoms with Gasteiger partial charge in [0.15, 0.2) is 0 Å². The molecule has 0 unspecified atom stereocenters. The molecule has 0 saturated carbocycles. The van der Waals surface area contributed by atoms with Gasteiger partial charge in [-0.2, -0.15) is 18.4 Å². The van der Waals surface area contributed by atoms with E-state index in [1.54, 1.807) is 6.07 Å². The second-order valence-electron chi connectivity index (χ2n) is 4.53. The summed E-state index contributed by atoms with van der Waals surface area (Å²) in [5.74, 6) is -0.705. The average molecular weight is 360 g/mol. The van der Waals surface area contributed by atoms with Gasteiger partial charge in [0.25, 0.3) is 0 Å². The van der Waals surface area contributed by atoms with Crippen LogP contribution in [0.5, 0.6) is 0 Å². The van der Waals surface area contributed by atoms with E-state index in [2.05, 4.69) is 0 Å². The van der Waals surface area contributed by atoms with Crippen LogP contribution in [-0.2, 0) is 6.18 Å². The van der Waals surface area contributed by atoms with E-state index in [0.29, 0.717) is 0 Å². The van der Waals surface area contributed by atoms with Crippen molar-refractivity contribution >= 4 is 34.9 Å². The van der Waals surface area contributed by atoms with Crippen LogP contribution in [-0.4, -0.2) is 0 Å². The molecule has 0 saturated heterocycles. The Hall–Kier alpha value is -2.03. The first kappa shape index (κ1) is 17.3. The molecule has 7 heteroatoms. The third-order valence-corrected chi connectivity index (χ3v) is 3.50. The lowest BCUT2D eigenvalue weighted by atomic mass is 10.0. The summed E-state index contributed by atoms with van der Waals surface area (Å²) in [6, 6.07) is 8.60. The van der Waals surface area contributed by atoms with Crippen LogP contribution < -0.4 is 0 Å². The highest BCUT2D eigenvalue weighted by Crippen LogP contribution is 2.35. The van der Waals surface area contributed by atoms with Crippen molar-refractivity contribution in [2.45, 2.75) is 6.18 Å². The smallest absolute Gasteiger partial charge is 0.206 e. The molecular weight excluding hydrogens is 353 g/mol. The van der Waals surface area contributed by atoms with E-state index in [4.69, 9.17) is 28.5 Å². The van der Waals surface area contributed by atoms with Crippen molar-refractivity contribution in [3.05, 3.63) is 69.0 Å². The predicted octanol–water partition coefficient (Wildman–Crippen LogP) is 6.22. The van der Waals surface area contributed by atoms with Gasteiger partial charge < -0.3 is 0 Å². The molecule has 0 heterocycles. The van der Waals surface area contributed by atoms with Crippen LogP contribution in [0.4, 0.5) is 17.6 Å². The van der Waals surface area contributed by atoms with Gasteiger partial charge in [-0.25, -0.2) is 4.39 Å². The fourth-order valence-electron chi connectivity index (χ4n) is 1.90. The number of nitrogens with zero attached hydrogens (tertiary/aromatic N) is 1. The van der Waals surface area contributed by atoms with Crippen LogP contribution >= 0.6 is 23.2 Å². The molecule has 2 aromatic rings. The molecule has 0 N–H and O–H groups in total. The molecule has 0 aromatic heterocycles. The van der Waals surface area contributed by atoms with Crippen molar-refractivity contribution in [1.29, 1.82) is 5.26 Å². The Morgan fingerprint density at radius 2 is 1.78 bits per heavy atom. The van der Waals surface area contributed by atoms with E-state index in [9.17, 15) is 17.6 Å². The molecule has 0 atom stereocenters. The molecule has 0 spiro atoms. The van der Waals surface area contributed by atoms with Gasteiger partial charge in [0.05, 0.1) is 22.2 Å². The minimum atomic E-state index is -4.57. The fraction of sp³-hybridized carbons (Fsp3) is 0.0625. The molecule has 1 nitrogen and oxygen atoms in total. The fourth-order valence-corrected chi connectivity index (χ4v) is 2.35. The molecule has 2 aromatic carbocycles. The molecular formula is C16H7Cl2F4N. The molecule has 0 fully saturated rings. The first-order valence-corrected chi connectivity index (χ1v) is 6.92. The summed E-state index contributed by atoms with van der Waals surface area (Å²) in [7, 11) is 0. The van der Waals surface area contributed by atoms with E-state index in [1.807, 2.05) is 0 Å². The Bertz CT molecular complexity index is 820. The standard InChI is InChI=1S/C16H7Cl2F4N/c17-11-2-3-12(15(19)7-11)10(8-23)5-9-1-4-13(14(18)6-9)16(20,21)22/h1-7H. The van der Waals surface area contributed by atoms with E-state index < -0.39 is 22.6 Å².